The van der Waals surface area contributed by atoms with Crippen molar-refractivity contribution in [2.45, 2.75) is 19.9 Å². The fourth-order valence-corrected chi connectivity index (χ4v) is 3.10. The highest BCUT2D eigenvalue weighted by atomic mass is 35.5. The number of nitrogens with one attached hydrogen (secondary N) is 1. The van der Waals surface area contributed by atoms with E-state index >= 15 is 0 Å². The quantitative estimate of drug-likeness (QED) is 0.800. The number of piperazine rings is 1. The minimum atomic E-state index is -0.327. The number of halogens is 1. The van der Waals surface area contributed by atoms with Gasteiger partial charge in [0.1, 0.15) is 0 Å². The van der Waals surface area contributed by atoms with Gasteiger partial charge in [0.05, 0.1) is 12.7 Å². The maximum absolute atomic E-state index is 11.6. The molecule has 1 fully saturated rings. The van der Waals surface area contributed by atoms with Crippen LogP contribution in [0.2, 0.25) is 0 Å². The van der Waals surface area contributed by atoms with Crippen molar-refractivity contribution in [1.29, 1.82) is 0 Å². The van der Waals surface area contributed by atoms with E-state index in [1.807, 2.05) is 12.1 Å². The number of esters is 1. The zero-order valence-electron chi connectivity index (χ0n) is 14.0. The van der Waals surface area contributed by atoms with Crippen molar-refractivity contribution < 1.29 is 14.6 Å². The van der Waals surface area contributed by atoms with Crippen molar-refractivity contribution in [1.82, 2.24) is 10.2 Å². The summed E-state index contributed by atoms with van der Waals surface area (Å²) in [6, 6.07) is 7.65. The van der Waals surface area contributed by atoms with Crippen molar-refractivity contribution in [2.24, 2.45) is 5.41 Å². The van der Waals surface area contributed by atoms with E-state index < -0.39 is 0 Å². The Morgan fingerprint density at radius 2 is 1.87 bits per heavy atom. The lowest BCUT2D eigenvalue weighted by molar-refractivity contribution is 0.0305. The first kappa shape index (κ1) is 19.9. The summed E-state index contributed by atoms with van der Waals surface area (Å²) in [4.78, 5) is 14.0. The minimum Gasteiger partial charge on any atom is -0.465 e. The molecule has 0 radical (unpaired) electrons. The number of nitrogens with zero attached hydrogens (tertiary/aromatic N) is 1. The van der Waals surface area contributed by atoms with E-state index in [0.29, 0.717) is 5.56 Å². The molecule has 2 rings (SSSR count). The van der Waals surface area contributed by atoms with Crippen LogP contribution in [0.4, 0.5) is 0 Å². The van der Waals surface area contributed by atoms with Crippen LogP contribution in [0, 0.1) is 5.41 Å². The van der Waals surface area contributed by atoms with Crippen LogP contribution in [0.1, 0.15) is 35.8 Å². The van der Waals surface area contributed by atoms with Crippen molar-refractivity contribution in [3.05, 3.63) is 35.4 Å². The highest BCUT2D eigenvalue weighted by molar-refractivity contribution is 5.89. The van der Waals surface area contributed by atoms with Gasteiger partial charge in [0, 0.05) is 44.2 Å². The fraction of sp³-hybridized carbons (Fsp3) is 0.588. The number of hydrogen-bond donors (Lipinski definition) is 2. The SMILES string of the molecule is COC(=O)c1ccc([C@H](N2CCNCC2)C(C)(C)CO)cc1.Cl. The van der Waals surface area contributed by atoms with Crippen LogP contribution in [0.15, 0.2) is 24.3 Å². The van der Waals surface area contributed by atoms with E-state index in [1.54, 1.807) is 12.1 Å². The largest absolute Gasteiger partial charge is 0.465 e. The van der Waals surface area contributed by atoms with Gasteiger partial charge in [-0.25, -0.2) is 4.79 Å². The van der Waals surface area contributed by atoms with Crippen LogP contribution in [-0.4, -0.2) is 55.9 Å². The average molecular weight is 343 g/mol. The minimum absolute atomic E-state index is 0. The molecule has 1 heterocycles. The Hall–Kier alpha value is -1.14. The molecule has 0 bridgehead atoms. The third-order valence-corrected chi connectivity index (χ3v) is 4.31. The number of rotatable bonds is 5. The lowest BCUT2D eigenvalue weighted by Gasteiger charge is -2.43. The number of methoxy groups -OCH3 is 1. The number of benzene rings is 1. The molecule has 23 heavy (non-hydrogen) atoms. The highest BCUT2D eigenvalue weighted by Crippen LogP contribution is 2.38. The van der Waals surface area contributed by atoms with E-state index in [1.165, 1.54) is 7.11 Å². The molecule has 0 amide bonds. The second-order valence-corrected chi connectivity index (χ2v) is 6.45. The van der Waals surface area contributed by atoms with Gasteiger partial charge in [0.15, 0.2) is 0 Å². The molecule has 1 aromatic rings. The van der Waals surface area contributed by atoms with Crippen LogP contribution in [0.5, 0.6) is 0 Å². The normalized spacial score (nSPS) is 17.2. The number of aliphatic hydroxyl groups is 1. The molecule has 2 N–H and O–H groups in total. The fourth-order valence-electron chi connectivity index (χ4n) is 3.10. The topological polar surface area (TPSA) is 61.8 Å². The molecule has 1 atom stereocenters. The summed E-state index contributed by atoms with van der Waals surface area (Å²) >= 11 is 0. The summed E-state index contributed by atoms with van der Waals surface area (Å²) in [7, 11) is 1.38. The molecule has 130 valence electrons. The number of ether oxygens (including phenoxy) is 1. The molecule has 0 unspecified atom stereocenters. The number of carbonyl (C=O) groups is 1. The first-order valence-corrected chi connectivity index (χ1v) is 7.73. The molecule has 5 nitrogen and oxygen atoms in total. The number of carbonyl (C=O) groups excluding carboxylic acids is 1. The zero-order chi connectivity index (χ0) is 16.2. The van der Waals surface area contributed by atoms with Gasteiger partial charge >= 0.3 is 5.97 Å². The standard InChI is InChI=1S/C17H26N2O3.ClH/c1-17(2,12-20)15(19-10-8-18-9-11-19)13-4-6-14(7-5-13)16(21)22-3;/h4-7,15,18,20H,8-12H2,1-3H3;1H/t15-;/m0./s1. The summed E-state index contributed by atoms with van der Waals surface area (Å²) in [5, 5.41) is 13.2. The van der Waals surface area contributed by atoms with E-state index in [9.17, 15) is 9.90 Å². The van der Waals surface area contributed by atoms with E-state index in [4.69, 9.17) is 4.74 Å². The third-order valence-electron chi connectivity index (χ3n) is 4.31. The molecule has 1 aromatic carbocycles. The summed E-state index contributed by atoms with van der Waals surface area (Å²) < 4.78 is 4.74. The Morgan fingerprint density at radius 1 is 1.30 bits per heavy atom. The molecule has 0 aromatic heterocycles. The Bertz CT molecular complexity index is 499. The molecule has 1 aliphatic heterocycles. The Kier molecular flexibility index (Phi) is 7.48. The smallest absolute Gasteiger partial charge is 0.337 e. The van der Waals surface area contributed by atoms with E-state index in [-0.39, 0.29) is 36.4 Å². The van der Waals surface area contributed by atoms with Crippen LogP contribution in [-0.2, 0) is 4.74 Å². The van der Waals surface area contributed by atoms with Crippen molar-refractivity contribution in [3.63, 3.8) is 0 Å². The van der Waals surface area contributed by atoms with Crippen LogP contribution in [0.25, 0.3) is 0 Å². The van der Waals surface area contributed by atoms with Gasteiger partial charge in [-0.2, -0.15) is 0 Å². The van der Waals surface area contributed by atoms with Crippen molar-refractivity contribution in [2.75, 3.05) is 39.9 Å². The summed E-state index contributed by atoms with van der Waals surface area (Å²) in [6.07, 6.45) is 0. The Balaban J connectivity index is 0.00000264. The maximum atomic E-state index is 11.6. The molecule has 0 aliphatic carbocycles. The highest BCUT2D eigenvalue weighted by Gasteiger charge is 2.35. The average Bonchev–Trinajstić information content (AvgIpc) is 2.56. The number of hydrogen-bond acceptors (Lipinski definition) is 5. The molecule has 1 aliphatic rings. The lowest BCUT2D eigenvalue weighted by Crippen LogP contribution is -2.49. The monoisotopic (exact) mass is 342 g/mol. The van der Waals surface area contributed by atoms with Crippen LogP contribution >= 0.6 is 12.4 Å². The van der Waals surface area contributed by atoms with Gasteiger partial charge in [0.25, 0.3) is 0 Å². The molecular weight excluding hydrogens is 316 g/mol. The maximum Gasteiger partial charge on any atom is 0.337 e. The second-order valence-electron chi connectivity index (χ2n) is 6.45. The van der Waals surface area contributed by atoms with Gasteiger partial charge < -0.3 is 15.2 Å². The van der Waals surface area contributed by atoms with Gasteiger partial charge in [-0.05, 0) is 17.7 Å². The predicted octanol–water partition coefficient (Wildman–Crippen LogP) is 1.86. The Labute approximate surface area is 144 Å². The van der Waals surface area contributed by atoms with Gasteiger partial charge in [-0.15, -0.1) is 12.4 Å². The molecule has 1 saturated heterocycles. The van der Waals surface area contributed by atoms with Gasteiger partial charge in [-0.3, -0.25) is 4.90 Å². The first-order valence-electron chi connectivity index (χ1n) is 7.73. The molecular formula is C17H27ClN2O3. The number of aliphatic hydroxyl groups excluding tert-OH is 1. The Morgan fingerprint density at radius 3 is 2.35 bits per heavy atom. The van der Waals surface area contributed by atoms with Crippen LogP contribution < -0.4 is 5.32 Å². The van der Waals surface area contributed by atoms with Crippen LogP contribution in [0.3, 0.4) is 0 Å². The lowest BCUT2D eigenvalue weighted by atomic mass is 9.79. The molecule has 0 saturated carbocycles. The molecule has 0 spiro atoms. The van der Waals surface area contributed by atoms with Gasteiger partial charge in [0.2, 0.25) is 0 Å². The first-order chi connectivity index (χ1) is 10.5. The third kappa shape index (κ3) is 4.67. The van der Waals surface area contributed by atoms with Gasteiger partial charge in [-0.1, -0.05) is 26.0 Å². The van der Waals surface area contributed by atoms with E-state index in [2.05, 4.69) is 24.1 Å². The molecule has 6 heteroatoms. The summed E-state index contributed by atoms with van der Waals surface area (Å²) in [5.74, 6) is -0.327. The summed E-state index contributed by atoms with van der Waals surface area (Å²) in [5.41, 5.74) is 1.41. The van der Waals surface area contributed by atoms with E-state index in [0.717, 1.165) is 31.7 Å². The summed E-state index contributed by atoms with van der Waals surface area (Å²) in [6.45, 7) is 8.08. The predicted molar refractivity (Wildman–Crippen MR) is 93.1 cm³/mol. The van der Waals surface area contributed by atoms with Crippen molar-refractivity contribution in [3.8, 4) is 0 Å². The second kappa shape index (κ2) is 8.64. The van der Waals surface area contributed by atoms with Crippen molar-refractivity contribution >= 4 is 18.4 Å². The zero-order valence-corrected chi connectivity index (χ0v) is 14.9.